The molecule has 0 aliphatic carbocycles. The summed E-state index contributed by atoms with van der Waals surface area (Å²) in [6, 6.07) is 3.47. The van der Waals surface area contributed by atoms with E-state index in [0.29, 0.717) is 24.5 Å². The number of carbonyl (C=O) groups excluding carboxylic acids is 1. The first-order valence-electron chi connectivity index (χ1n) is 10.3. The van der Waals surface area contributed by atoms with E-state index in [1.165, 1.54) is 11.3 Å². The van der Waals surface area contributed by atoms with Gasteiger partial charge in [-0.25, -0.2) is 4.39 Å². The number of carbonyl (C=O) groups is 1. The highest BCUT2D eigenvalue weighted by Gasteiger charge is 2.63. The Bertz CT molecular complexity index is 1130. The van der Waals surface area contributed by atoms with Crippen LogP contribution in [0.15, 0.2) is 23.4 Å². The maximum Gasteiger partial charge on any atom is 0.435 e. The van der Waals surface area contributed by atoms with Crippen LogP contribution in [-0.2, 0) is 23.5 Å². The molecule has 2 aliphatic rings. The number of hydrogen-bond donors (Lipinski definition) is 1. The van der Waals surface area contributed by atoms with E-state index >= 15 is 0 Å². The maximum atomic E-state index is 14.2. The van der Waals surface area contributed by atoms with Crippen LogP contribution >= 0.6 is 34.5 Å². The van der Waals surface area contributed by atoms with Crippen molar-refractivity contribution in [2.24, 2.45) is 10.6 Å². The first-order valence-corrected chi connectivity index (χ1v) is 11.9. The van der Waals surface area contributed by atoms with Crippen LogP contribution in [0.3, 0.4) is 0 Å². The van der Waals surface area contributed by atoms with Crippen LogP contribution in [0, 0.1) is 11.2 Å². The Morgan fingerprint density at radius 3 is 2.41 bits per heavy atom. The van der Waals surface area contributed by atoms with Crippen LogP contribution in [-0.4, -0.2) is 29.4 Å². The molecule has 4 rings (SSSR count). The molecule has 0 radical (unpaired) electrons. The highest BCUT2D eigenvalue weighted by Crippen LogP contribution is 2.50. The summed E-state index contributed by atoms with van der Waals surface area (Å²) in [7, 11) is 0. The SMILES string of the molecule is CC(C)(C)CNC(=O)c1cc2c(s1)CN(C1=NOC(c3cc(Cl)c(F)c(Cl)c3)(C(F)(F)F)C1)C2. The lowest BCUT2D eigenvalue weighted by atomic mass is 9.89. The molecule has 2 aliphatic heterocycles. The van der Waals surface area contributed by atoms with Crippen LogP contribution in [0.1, 0.15) is 52.9 Å². The van der Waals surface area contributed by atoms with Crippen LogP contribution < -0.4 is 5.32 Å². The third kappa shape index (κ3) is 4.59. The third-order valence-electron chi connectivity index (χ3n) is 5.58. The molecular weight excluding hydrogens is 517 g/mol. The Morgan fingerprint density at radius 2 is 1.85 bits per heavy atom. The number of alkyl halides is 3. The van der Waals surface area contributed by atoms with Gasteiger partial charge in [-0.05, 0) is 29.2 Å². The number of oxime groups is 1. The molecule has 1 aromatic heterocycles. The standard InChI is InChI=1S/C22H21Cl2F4N3O2S/c1-20(2,3)10-29-19(32)15-4-11-8-31(9-16(11)34-15)17-7-21(33-30-17,22(26,27)28)12-5-13(23)18(25)14(24)6-12/h4-6H,7-10H2,1-3H3,(H,29,32). The van der Waals surface area contributed by atoms with E-state index in [1.807, 2.05) is 20.8 Å². The van der Waals surface area contributed by atoms with E-state index in [1.54, 1.807) is 11.0 Å². The number of thiophene rings is 1. The predicted molar refractivity (Wildman–Crippen MR) is 123 cm³/mol. The average molecular weight is 538 g/mol. The summed E-state index contributed by atoms with van der Waals surface area (Å²) in [6.45, 7) is 7.15. The minimum absolute atomic E-state index is 0.0585. The number of nitrogens with zero attached hydrogens (tertiary/aromatic N) is 2. The molecule has 2 aromatic rings. The molecule has 0 saturated heterocycles. The van der Waals surface area contributed by atoms with E-state index in [9.17, 15) is 22.4 Å². The molecule has 1 atom stereocenters. The minimum atomic E-state index is -4.87. The van der Waals surface area contributed by atoms with E-state index in [4.69, 9.17) is 28.0 Å². The van der Waals surface area contributed by atoms with Crippen LogP contribution in [0.2, 0.25) is 10.0 Å². The Kier molecular flexibility index (Phi) is 6.31. The van der Waals surface area contributed by atoms with Crippen molar-refractivity contribution in [3.8, 4) is 0 Å². The smallest absolute Gasteiger partial charge is 0.372 e. The van der Waals surface area contributed by atoms with Gasteiger partial charge in [0.25, 0.3) is 11.5 Å². The first kappa shape index (κ1) is 25.1. The molecule has 3 heterocycles. The average Bonchev–Trinajstić information content (AvgIpc) is 3.41. The summed E-state index contributed by atoms with van der Waals surface area (Å²) < 4.78 is 56.4. The van der Waals surface area contributed by atoms with Crippen molar-refractivity contribution < 1.29 is 27.2 Å². The second kappa shape index (κ2) is 8.57. The Hall–Kier alpha value is -2.04. The largest absolute Gasteiger partial charge is 0.435 e. The quantitative estimate of drug-likeness (QED) is 0.360. The van der Waals surface area contributed by atoms with Crippen molar-refractivity contribution in [1.29, 1.82) is 0 Å². The van der Waals surface area contributed by atoms with Crippen LogP contribution in [0.25, 0.3) is 0 Å². The number of amides is 1. The minimum Gasteiger partial charge on any atom is -0.372 e. The Labute approximate surface area is 207 Å². The molecule has 0 spiro atoms. The van der Waals surface area contributed by atoms with Crippen molar-refractivity contribution in [3.63, 3.8) is 0 Å². The van der Waals surface area contributed by atoms with Crippen LogP contribution in [0.5, 0.6) is 0 Å². The number of hydrogen-bond acceptors (Lipinski definition) is 5. The molecule has 0 bridgehead atoms. The molecule has 184 valence electrons. The fraction of sp³-hybridized carbons (Fsp3) is 0.455. The monoisotopic (exact) mass is 537 g/mol. The van der Waals surface area contributed by atoms with Gasteiger partial charge in [0.2, 0.25) is 0 Å². The van der Waals surface area contributed by atoms with Gasteiger partial charge >= 0.3 is 6.18 Å². The zero-order valence-electron chi connectivity index (χ0n) is 18.4. The lowest BCUT2D eigenvalue weighted by molar-refractivity contribution is -0.275. The number of amidine groups is 1. The summed E-state index contributed by atoms with van der Waals surface area (Å²) in [5.41, 5.74) is -2.47. The van der Waals surface area contributed by atoms with Crippen LogP contribution in [0.4, 0.5) is 17.6 Å². The van der Waals surface area contributed by atoms with Gasteiger partial charge in [0.1, 0.15) is 5.84 Å². The summed E-state index contributed by atoms with van der Waals surface area (Å²) >= 11 is 12.8. The second-order valence-electron chi connectivity index (χ2n) is 9.51. The molecule has 0 fully saturated rings. The fourth-order valence-electron chi connectivity index (χ4n) is 3.74. The van der Waals surface area contributed by atoms with Crippen molar-refractivity contribution in [2.45, 2.75) is 52.1 Å². The maximum absolute atomic E-state index is 14.2. The lowest BCUT2D eigenvalue weighted by Crippen LogP contribution is -2.44. The third-order valence-corrected chi connectivity index (χ3v) is 7.29. The van der Waals surface area contributed by atoms with Gasteiger partial charge in [0, 0.05) is 23.5 Å². The van der Waals surface area contributed by atoms with E-state index < -0.39 is 39.6 Å². The van der Waals surface area contributed by atoms with E-state index in [0.717, 1.165) is 22.6 Å². The van der Waals surface area contributed by atoms with Gasteiger partial charge in [-0.15, -0.1) is 11.3 Å². The van der Waals surface area contributed by atoms with E-state index in [-0.39, 0.29) is 17.2 Å². The summed E-state index contributed by atoms with van der Waals surface area (Å²) in [5.74, 6) is -1.09. The number of halogens is 6. The number of rotatable bonds is 3. The summed E-state index contributed by atoms with van der Waals surface area (Å²) in [4.78, 5) is 20.5. The predicted octanol–water partition coefficient (Wildman–Crippen LogP) is 6.48. The summed E-state index contributed by atoms with van der Waals surface area (Å²) in [6.07, 6.45) is -5.49. The van der Waals surface area contributed by atoms with Crippen molar-refractivity contribution in [3.05, 3.63) is 54.9 Å². The van der Waals surface area contributed by atoms with Crippen molar-refractivity contribution >= 4 is 46.3 Å². The van der Waals surface area contributed by atoms with Gasteiger partial charge in [-0.1, -0.05) is 49.1 Å². The normalized spacial score (nSPS) is 20.3. The van der Waals surface area contributed by atoms with Gasteiger partial charge in [-0.3, -0.25) is 4.79 Å². The topological polar surface area (TPSA) is 53.9 Å². The second-order valence-corrected chi connectivity index (χ2v) is 11.5. The molecule has 0 saturated carbocycles. The zero-order chi connectivity index (χ0) is 25.1. The molecule has 34 heavy (non-hydrogen) atoms. The van der Waals surface area contributed by atoms with Gasteiger partial charge in [0.15, 0.2) is 5.82 Å². The van der Waals surface area contributed by atoms with Gasteiger partial charge < -0.3 is 15.1 Å². The molecule has 1 aromatic carbocycles. The summed E-state index contributed by atoms with van der Waals surface area (Å²) in [5, 5.41) is 5.56. The molecule has 1 amide bonds. The van der Waals surface area contributed by atoms with Gasteiger partial charge in [-0.2, -0.15) is 13.2 Å². The first-order chi connectivity index (χ1) is 15.7. The Balaban J connectivity index is 1.51. The van der Waals surface area contributed by atoms with Crippen molar-refractivity contribution in [1.82, 2.24) is 10.2 Å². The highest BCUT2D eigenvalue weighted by atomic mass is 35.5. The highest BCUT2D eigenvalue weighted by molar-refractivity contribution is 7.14. The molecule has 1 unspecified atom stereocenters. The molecule has 5 nitrogen and oxygen atoms in total. The van der Waals surface area contributed by atoms with Gasteiger partial charge in [0.05, 0.1) is 27.9 Å². The Morgan fingerprint density at radius 1 is 1.21 bits per heavy atom. The van der Waals surface area contributed by atoms with Crippen molar-refractivity contribution in [2.75, 3.05) is 6.54 Å². The number of benzene rings is 1. The molecular formula is C22H21Cl2F4N3O2S. The number of fused-ring (bicyclic) bond motifs is 1. The molecule has 1 N–H and O–H groups in total. The zero-order valence-corrected chi connectivity index (χ0v) is 20.8. The van der Waals surface area contributed by atoms with E-state index in [2.05, 4.69) is 10.5 Å². The lowest BCUT2D eigenvalue weighted by Gasteiger charge is -2.30. The number of nitrogens with one attached hydrogen (secondary N) is 1. The fourth-order valence-corrected chi connectivity index (χ4v) is 5.34. The molecule has 12 heteroatoms.